The summed E-state index contributed by atoms with van der Waals surface area (Å²) in [5.74, 6) is 0. The van der Waals surface area contributed by atoms with Crippen LogP contribution in [-0.2, 0) is 4.74 Å². The van der Waals surface area contributed by atoms with Crippen LogP contribution in [0.25, 0.3) is 0 Å². The largest absolute Gasteiger partial charge is 0.371 e. The lowest BCUT2D eigenvalue weighted by atomic mass is 10.1. The second-order valence-electron chi connectivity index (χ2n) is 2.74. The molecule has 0 aliphatic carbocycles. The molecule has 0 saturated carbocycles. The van der Waals surface area contributed by atoms with Gasteiger partial charge in [-0.3, -0.25) is 10.1 Å². The van der Waals surface area contributed by atoms with E-state index < -0.39 is 17.8 Å². The Balaban J connectivity index is 5.23. The zero-order chi connectivity index (χ0) is 11.8. The fraction of sp³-hybridized carbons (Fsp3) is 0.400. The number of hydrogen-bond donors (Lipinski definition) is 1. The molecular formula is C10H15NO4. The quantitative estimate of drug-likeness (QED) is 0.315. The summed E-state index contributed by atoms with van der Waals surface area (Å²) in [5.41, 5.74) is 0.264. The van der Waals surface area contributed by atoms with Gasteiger partial charge in [-0.2, -0.15) is 0 Å². The zero-order valence-corrected chi connectivity index (χ0v) is 8.84. The predicted molar refractivity (Wildman–Crippen MR) is 56.7 cm³/mol. The number of aliphatic hydroxyl groups excluding tert-OH is 1. The van der Waals surface area contributed by atoms with Crippen molar-refractivity contribution >= 4 is 0 Å². The third-order valence-electron chi connectivity index (χ3n) is 1.79. The van der Waals surface area contributed by atoms with E-state index in [1.165, 1.54) is 0 Å². The molecule has 1 atom stereocenters. The van der Waals surface area contributed by atoms with Crippen molar-refractivity contribution < 1.29 is 14.8 Å². The highest BCUT2D eigenvalue weighted by Crippen LogP contribution is 2.15. The third kappa shape index (κ3) is 4.05. The minimum Gasteiger partial charge on any atom is -0.371 e. The Morgan fingerprint density at radius 2 is 2.33 bits per heavy atom. The average Bonchev–Trinajstić information content (AvgIpc) is 2.17. The van der Waals surface area contributed by atoms with E-state index >= 15 is 0 Å². The van der Waals surface area contributed by atoms with Gasteiger partial charge in [0.05, 0.1) is 16.6 Å². The summed E-state index contributed by atoms with van der Waals surface area (Å²) in [6.07, 6.45) is 3.84. The van der Waals surface area contributed by atoms with Gasteiger partial charge in [-0.05, 0) is 13.8 Å². The number of rotatable bonds is 6. The van der Waals surface area contributed by atoms with E-state index in [-0.39, 0.29) is 5.70 Å². The molecule has 5 nitrogen and oxygen atoms in total. The summed E-state index contributed by atoms with van der Waals surface area (Å²) in [4.78, 5) is 10.2. The first kappa shape index (κ1) is 13.5. The van der Waals surface area contributed by atoms with Gasteiger partial charge in [0, 0.05) is 6.08 Å². The van der Waals surface area contributed by atoms with Crippen LogP contribution >= 0.6 is 0 Å². The molecule has 0 aromatic carbocycles. The van der Waals surface area contributed by atoms with Gasteiger partial charge in [-0.1, -0.05) is 18.7 Å². The molecule has 0 heterocycles. The van der Waals surface area contributed by atoms with E-state index in [2.05, 4.69) is 6.58 Å². The number of nitrogens with zero attached hydrogens (tertiary/aromatic N) is 1. The maximum atomic E-state index is 10.7. The van der Waals surface area contributed by atoms with Crippen molar-refractivity contribution in [1.82, 2.24) is 0 Å². The second-order valence-corrected chi connectivity index (χ2v) is 2.74. The number of nitro groups is 1. The molecule has 0 spiro atoms. The highest BCUT2D eigenvalue weighted by molar-refractivity contribution is 5.30. The second kappa shape index (κ2) is 6.92. The Morgan fingerprint density at radius 3 is 2.67 bits per heavy atom. The Labute approximate surface area is 88.5 Å². The number of allylic oxidation sites excluding steroid dienone is 2. The summed E-state index contributed by atoms with van der Waals surface area (Å²) in [6.45, 7) is 6.26. The van der Waals surface area contributed by atoms with E-state index in [1.54, 1.807) is 26.0 Å². The molecular weight excluding hydrogens is 198 g/mol. The predicted octanol–water partition coefficient (Wildman–Crippen LogP) is 1.63. The lowest BCUT2D eigenvalue weighted by Gasteiger charge is -2.11. The van der Waals surface area contributed by atoms with Crippen LogP contribution in [0.15, 0.2) is 36.1 Å². The SMILES string of the molecule is C=C/C(=C(\C=C/C)C(C)OCO)[N+](=O)[O-]. The molecule has 1 unspecified atom stereocenters. The van der Waals surface area contributed by atoms with Gasteiger partial charge in [-0.25, -0.2) is 0 Å². The van der Waals surface area contributed by atoms with Crippen molar-refractivity contribution in [1.29, 1.82) is 0 Å². The van der Waals surface area contributed by atoms with Gasteiger partial charge in [0.1, 0.15) is 6.79 Å². The number of aliphatic hydroxyl groups is 1. The van der Waals surface area contributed by atoms with Crippen molar-refractivity contribution in [2.75, 3.05) is 6.79 Å². The van der Waals surface area contributed by atoms with Crippen molar-refractivity contribution in [3.8, 4) is 0 Å². The average molecular weight is 213 g/mol. The van der Waals surface area contributed by atoms with Crippen LogP contribution in [0, 0.1) is 10.1 Å². The third-order valence-corrected chi connectivity index (χ3v) is 1.79. The summed E-state index contributed by atoms with van der Waals surface area (Å²) < 4.78 is 4.88. The molecule has 0 rings (SSSR count). The molecule has 0 aromatic rings. The highest BCUT2D eigenvalue weighted by Gasteiger charge is 2.18. The van der Waals surface area contributed by atoms with Crippen molar-refractivity contribution in [3.05, 3.63) is 46.2 Å². The molecule has 0 bridgehead atoms. The molecule has 84 valence electrons. The maximum Gasteiger partial charge on any atom is 0.274 e. The van der Waals surface area contributed by atoms with Crippen LogP contribution in [-0.4, -0.2) is 22.9 Å². The Morgan fingerprint density at radius 1 is 1.73 bits per heavy atom. The molecule has 0 aliphatic rings. The van der Waals surface area contributed by atoms with E-state index in [9.17, 15) is 10.1 Å². The topological polar surface area (TPSA) is 72.6 Å². The first-order valence-corrected chi connectivity index (χ1v) is 4.44. The molecule has 0 fully saturated rings. The first-order valence-electron chi connectivity index (χ1n) is 4.44. The van der Waals surface area contributed by atoms with Crippen LogP contribution in [0.5, 0.6) is 0 Å². The molecule has 15 heavy (non-hydrogen) atoms. The van der Waals surface area contributed by atoms with E-state index in [1.807, 2.05) is 0 Å². The van der Waals surface area contributed by atoms with Gasteiger partial charge in [-0.15, -0.1) is 0 Å². The van der Waals surface area contributed by atoms with Crippen molar-refractivity contribution in [2.24, 2.45) is 0 Å². The Bertz CT molecular complexity index is 294. The Kier molecular flexibility index (Phi) is 6.24. The van der Waals surface area contributed by atoms with Gasteiger partial charge in [0.15, 0.2) is 0 Å². The minimum atomic E-state index is -0.551. The fourth-order valence-corrected chi connectivity index (χ4v) is 1.11. The monoisotopic (exact) mass is 213 g/mol. The van der Waals surface area contributed by atoms with Gasteiger partial charge in [0.25, 0.3) is 5.70 Å². The van der Waals surface area contributed by atoms with E-state index in [4.69, 9.17) is 9.84 Å². The lowest BCUT2D eigenvalue weighted by molar-refractivity contribution is -0.420. The fourth-order valence-electron chi connectivity index (χ4n) is 1.11. The first-order chi connectivity index (χ1) is 7.08. The summed E-state index contributed by atoms with van der Waals surface area (Å²) in [5, 5.41) is 19.3. The molecule has 0 aliphatic heterocycles. The van der Waals surface area contributed by atoms with Crippen LogP contribution < -0.4 is 0 Å². The molecule has 0 radical (unpaired) electrons. The molecule has 0 amide bonds. The Hall–Kier alpha value is -1.46. The zero-order valence-electron chi connectivity index (χ0n) is 8.84. The molecule has 0 aromatic heterocycles. The van der Waals surface area contributed by atoms with Crippen LogP contribution in [0.3, 0.4) is 0 Å². The summed E-state index contributed by atoms with van der Waals surface area (Å²) >= 11 is 0. The molecule has 0 saturated heterocycles. The summed E-state index contributed by atoms with van der Waals surface area (Å²) in [7, 11) is 0. The maximum absolute atomic E-state index is 10.7. The molecule has 1 N–H and O–H groups in total. The normalized spacial score (nSPS) is 14.9. The van der Waals surface area contributed by atoms with Gasteiger partial charge < -0.3 is 9.84 Å². The summed E-state index contributed by atoms with van der Waals surface area (Å²) in [6, 6.07) is 0. The van der Waals surface area contributed by atoms with Gasteiger partial charge >= 0.3 is 0 Å². The standard InChI is InChI=1S/C10H15NO4/c1-4-6-9(8(3)15-7-12)10(5-2)11(13)14/h4-6,8,12H,2,7H2,1,3H3/b6-4-,10-9-. The van der Waals surface area contributed by atoms with Crippen molar-refractivity contribution in [2.45, 2.75) is 20.0 Å². The molecule has 5 heteroatoms. The van der Waals surface area contributed by atoms with Crippen LogP contribution in [0.4, 0.5) is 0 Å². The highest BCUT2D eigenvalue weighted by atomic mass is 16.6. The van der Waals surface area contributed by atoms with E-state index in [0.717, 1.165) is 6.08 Å². The minimum absolute atomic E-state index is 0.117. The number of ether oxygens (including phenoxy) is 1. The number of hydrogen-bond acceptors (Lipinski definition) is 4. The van der Waals surface area contributed by atoms with Gasteiger partial charge in [0.2, 0.25) is 0 Å². The lowest BCUT2D eigenvalue weighted by Crippen LogP contribution is -2.15. The van der Waals surface area contributed by atoms with Crippen molar-refractivity contribution in [3.63, 3.8) is 0 Å². The van der Waals surface area contributed by atoms with Crippen LogP contribution in [0.1, 0.15) is 13.8 Å². The van der Waals surface area contributed by atoms with E-state index in [0.29, 0.717) is 5.57 Å². The smallest absolute Gasteiger partial charge is 0.274 e. The van der Waals surface area contributed by atoms with Crippen LogP contribution in [0.2, 0.25) is 0 Å².